The number of imidazole rings is 1. The number of hydrogen-bond donors (Lipinski definition) is 2. The van der Waals surface area contributed by atoms with Gasteiger partial charge in [-0.25, -0.2) is 0 Å². The molecule has 0 amide bonds. The topological polar surface area (TPSA) is 50.3 Å². The van der Waals surface area contributed by atoms with Crippen LogP contribution in [-0.2, 0) is 32.4 Å². The third-order valence-electron chi connectivity index (χ3n) is 6.58. The molecule has 0 atom stereocenters. The van der Waals surface area contributed by atoms with Gasteiger partial charge in [0.2, 0.25) is 0 Å². The molecule has 47 heavy (non-hydrogen) atoms. The molecule has 4 rings (SSSR count). The predicted octanol–water partition coefficient (Wildman–Crippen LogP) is 6.52. The molecule has 2 N–H and O–H groups in total. The van der Waals surface area contributed by atoms with Crippen molar-refractivity contribution < 1.29 is 82.3 Å². The maximum absolute atomic E-state index is 12.7. The molecule has 4 aromatic rings. The van der Waals surface area contributed by atoms with Gasteiger partial charge in [0.1, 0.15) is 0 Å². The largest absolute Gasteiger partial charge is 0.0622 e. The average Bonchev–Trinajstić information content (AvgIpc) is 3.30. The molecule has 0 aliphatic heterocycles. The summed E-state index contributed by atoms with van der Waals surface area (Å²) in [5.74, 6) is 0. The van der Waals surface area contributed by atoms with Gasteiger partial charge in [0.15, 0.2) is 0 Å². The fraction of sp³-hybridized carbons (Fsp3) is 0.276. The maximum Gasteiger partial charge on any atom is -0.0134 e. The van der Waals surface area contributed by atoms with Gasteiger partial charge in [0.05, 0.1) is 0 Å². The van der Waals surface area contributed by atoms with Crippen molar-refractivity contribution in [1.29, 1.82) is 0 Å². The Kier molecular flexibility index (Phi) is 11.7. The van der Waals surface area contributed by atoms with Gasteiger partial charge in [-0.05, 0) is 23.8 Å². The summed E-state index contributed by atoms with van der Waals surface area (Å²) in [6.07, 6.45) is -24.5. The van der Waals surface area contributed by atoms with Crippen LogP contribution in [0.2, 0.25) is 0 Å². The zero-order valence-electron chi connectivity index (χ0n) is 23.3. The molecule has 0 fully saturated rings. The Morgan fingerprint density at radius 2 is 0.702 bits per heavy atom. The molecule has 1 aromatic heterocycles. The van der Waals surface area contributed by atoms with E-state index in [1.165, 1.54) is 15.9 Å². The Balaban J connectivity index is 0.000000272. The van der Waals surface area contributed by atoms with Gasteiger partial charge in [-0.3, -0.25) is 0 Å². The van der Waals surface area contributed by atoms with Gasteiger partial charge < -0.3 is 0 Å². The van der Waals surface area contributed by atoms with Crippen LogP contribution in [0.15, 0.2) is 103 Å². The van der Waals surface area contributed by atoms with Crippen molar-refractivity contribution >= 4 is 23.8 Å². The van der Waals surface area contributed by atoms with Crippen molar-refractivity contribution in [2.75, 3.05) is 0 Å². The molecule has 0 bridgehead atoms. The second-order valence-electron chi connectivity index (χ2n) is 9.85. The smallest absolute Gasteiger partial charge is 0.0134 e. The van der Waals surface area contributed by atoms with Gasteiger partial charge in [-0.15, -0.1) is 0 Å². The van der Waals surface area contributed by atoms with E-state index < -0.39 is 60.7 Å². The van der Waals surface area contributed by atoms with E-state index in [0.717, 1.165) is 19.4 Å². The van der Waals surface area contributed by atoms with Crippen LogP contribution in [0, 0.1) is 3.80 Å². The van der Waals surface area contributed by atoms with Crippen molar-refractivity contribution in [3.05, 3.63) is 107 Å². The summed E-state index contributed by atoms with van der Waals surface area (Å²) in [5.41, 5.74) is -10.7. The third-order valence-corrected chi connectivity index (χ3v) is 10.3. The molecule has 0 radical (unpaired) electrons. The SMILES string of the molecule is OC(Cn1ccn(CC(O)(C(F)(F)F)C(F)(F)F)[c]1=[Pt])(C(F)(F)F)C(F)(F)F.c1ccc(P(c2ccccc2)c2ccccc2)cc1. The van der Waals surface area contributed by atoms with Crippen LogP contribution >= 0.6 is 7.92 Å². The van der Waals surface area contributed by atoms with E-state index in [0.29, 0.717) is 0 Å². The van der Waals surface area contributed by atoms with E-state index in [2.05, 4.69) is 91.0 Å². The number of aliphatic hydroxyl groups is 2. The molecule has 18 heteroatoms. The van der Waals surface area contributed by atoms with E-state index in [4.69, 9.17) is 10.2 Å². The van der Waals surface area contributed by atoms with Crippen molar-refractivity contribution in [2.24, 2.45) is 0 Å². The van der Waals surface area contributed by atoms with Crippen LogP contribution in [0.4, 0.5) is 52.7 Å². The molecule has 0 aliphatic rings. The van der Waals surface area contributed by atoms with Crippen molar-refractivity contribution in [1.82, 2.24) is 9.13 Å². The van der Waals surface area contributed by atoms with Gasteiger partial charge in [0, 0.05) is 0 Å². The summed E-state index contributed by atoms with van der Waals surface area (Å²) in [6.45, 7) is -4.61. The Bertz CT molecular complexity index is 1450. The van der Waals surface area contributed by atoms with Crippen molar-refractivity contribution in [2.45, 2.75) is 49.0 Å². The number of nitrogens with zero attached hydrogens (tertiary/aromatic N) is 2. The quantitative estimate of drug-likeness (QED) is 0.164. The van der Waals surface area contributed by atoms with Crippen LogP contribution in [0.25, 0.3) is 0 Å². The van der Waals surface area contributed by atoms with Gasteiger partial charge in [-0.2, -0.15) is 0 Å². The first-order valence-corrected chi connectivity index (χ1v) is 15.4. The third kappa shape index (κ3) is 8.57. The molecule has 0 aliphatic carbocycles. The number of halogens is 12. The Morgan fingerprint density at radius 3 is 0.915 bits per heavy atom. The minimum absolute atomic E-state index is 0.0598. The molecule has 4 nitrogen and oxygen atoms in total. The number of aromatic nitrogens is 2. The summed E-state index contributed by atoms with van der Waals surface area (Å²) >= 11 is 0.844. The van der Waals surface area contributed by atoms with E-state index in [9.17, 15) is 52.7 Å². The number of hydrogen-bond acceptors (Lipinski definition) is 2. The maximum atomic E-state index is 12.7. The number of alkyl halides is 12. The van der Waals surface area contributed by atoms with Crippen LogP contribution in [-0.4, -0.2) is 55.3 Å². The van der Waals surface area contributed by atoms with E-state index in [-0.39, 0.29) is 21.5 Å². The van der Waals surface area contributed by atoms with Crippen molar-refractivity contribution in [3.8, 4) is 0 Å². The molecule has 1 heterocycles. The second kappa shape index (κ2) is 14.3. The molecule has 3 aromatic carbocycles. The van der Waals surface area contributed by atoms with Gasteiger partial charge >= 0.3 is 157 Å². The van der Waals surface area contributed by atoms with Crippen LogP contribution in [0.3, 0.4) is 0 Å². The summed E-state index contributed by atoms with van der Waals surface area (Å²) in [4.78, 5) is 0. The molecular formula is C29H23F12N2O2PPt. The van der Waals surface area contributed by atoms with Gasteiger partial charge in [0.25, 0.3) is 0 Å². The second-order valence-corrected chi connectivity index (χ2v) is 13.1. The first kappa shape index (κ1) is 38.5. The van der Waals surface area contributed by atoms with Crippen LogP contribution in [0.1, 0.15) is 0 Å². The Hall–Kier alpha value is -2.93. The van der Waals surface area contributed by atoms with E-state index in [1.807, 2.05) is 0 Å². The first-order chi connectivity index (χ1) is 21.5. The Morgan fingerprint density at radius 1 is 0.468 bits per heavy atom. The summed E-state index contributed by atoms with van der Waals surface area (Å²) < 4.78 is 151. The van der Waals surface area contributed by atoms with E-state index in [1.54, 1.807) is 0 Å². The van der Waals surface area contributed by atoms with E-state index >= 15 is 0 Å². The van der Waals surface area contributed by atoms with Crippen LogP contribution in [0.5, 0.6) is 0 Å². The zero-order chi connectivity index (χ0) is 35.5. The zero-order valence-corrected chi connectivity index (χ0v) is 26.5. The summed E-state index contributed by atoms with van der Waals surface area (Å²) in [7, 11) is -0.446. The average molecular weight is 886 g/mol. The molecule has 0 saturated heterocycles. The monoisotopic (exact) mass is 885 g/mol. The van der Waals surface area contributed by atoms with Crippen LogP contribution < -0.4 is 15.9 Å². The Labute approximate surface area is 271 Å². The summed E-state index contributed by atoms with van der Waals surface area (Å²) in [6, 6.07) is 32.3. The molecule has 0 saturated carbocycles. The minimum atomic E-state index is -6.26. The predicted molar refractivity (Wildman–Crippen MR) is 145 cm³/mol. The normalized spacial score (nSPS) is 13.4. The standard InChI is InChI=1S/C18H15P.C11H8F12N2O2.Pt/c1-4-10-16(11-5-1)19(17-12-6-2-7-13-17)18-14-8-3-9-15-18;12-8(13,14)6(26,9(15,16)17)3-24-1-2-25(5-24)4-7(27,10(18,19)20)11(21,22)23;/h1-15H;1-2,26-27H,3-4H2;. The fourth-order valence-corrected chi connectivity index (χ4v) is 7.02. The summed E-state index contributed by atoms with van der Waals surface area (Å²) in [5, 5.41) is 22.3. The molecular weight excluding hydrogens is 862 g/mol. The fourth-order valence-electron chi connectivity index (χ4n) is 4.02. The van der Waals surface area contributed by atoms with Crippen molar-refractivity contribution in [3.63, 3.8) is 0 Å². The van der Waals surface area contributed by atoms with Gasteiger partial charge in [-0.1, -0.05) is 91.0 Å². The first-order valence-electron chi connectivity index (χ1n) is 12.9. The molecule has 0 spiro atoms. The molecule has 0 unspecified atom stereocenters. The number of benzene rings is 3. The molecule has 260 valence electrons. The number of rotatable bonds is 7. The minimum Gasteiger partial charge on any atom is -0.0622 e.